The fourth-order valence-corrected chi connectivity index (χ4v) is 2.36. The molecule has 1 saturated heterocycles. The number of ether oxygens (including phenoxy) is 3. The molecule has 1 aromatic rings. The van der Waals surface area contributed by atoms with E-state index >= 15 is 0 Å². The lowest BCUT2D eigenvalue weighted by atomic mass is 9.97. The first-order chi connectivity index (χ1) is 11.0. The Morgan fingerprint density at radius 2 is 1.83 bits per heavy atom. The van der Waals surface area contributed by atoms with E-state index in [1.165, 1.54) is 14.0 Å². The zero-order valence-electron chi connectivity index (χ0n) is 12.9. The lowest BCUT2D eigenvalue weighted by Crippen LogP contribution is -2.65. The minimum absolute atomic E-state index is 0.407. The summed E-state index contributed by atoms with van der Waals surface area (Å²) in [5, 5.41) is 31.8. The standard InChI is InChI=1S/C15H21NO7/c1-8(18)16-12-14(20)13(19)11(7-17)23-15(12)22-10-5-3-9(21-2)4-6-10/h3-6,11-15,17,19-20H,7H2,1-2H3,(H,16,18)/t11?,12?,13-,14?,15-/m0/s1. The molecule has 1 aliphatic rings. The predicted molar refractivity (Wildman–Crippen MR) is 79.0 cm³/mol. The zero-order chi connectivity index (χ0) is 17.0. The summed E-state index contributed by atoms with van der Waals surface area (Å²) in [4.78, 5) is 11.3. The molecule has 0 bridgehead atoms. The normalized spacial score (nSPS) is 30.6. The Balaban J connectivity index is 2.17. The van der Waals surface area contributed by atoms with Crippen LogP contribution in [0.25, 0.3) is 0 Å². The second kappa shape index (κ2) is 7.60. The summed E-state index contributed by atoms with van der Waals surface area (Å²) in [6, 6.07) is 5.66. The van der Waals surface area contributed by atoms with Crippen molar-refractivity contribution in [2.24, 2.45) is 0 Å². The Morgan fingerprint density at radius 1 is 1.22 bits per heavy atom. The van der Waals surface area contributed by atoms with Crippen LogP contribution in [-0.4, -0.2) is 65.6 Å². The smallest absolute Gasteiger partial charge is 0.223 e. The first-order valence-electron chi connectivity index (χ1n) is 7.16. The predicted octanol–water partition coefficient (Wildman–Crippen LogP) is -0.982. The number of aliphatic hydroxyl groups excluding tert-OH is 3. The van der Waals surface area contributed by atoms with Crippen LogP contribution in [0.4, 0.5) is 0 Å². The average Bonchev–Trinajstić information content (AvgIpc) is 2.54. The van der Waals surface area contributed by atoms with Gasteiger partial charge in [-0.1, -0.05) is 0 Å². The molecule has 1 amide bonds. The largest absolute Gasteiger partial charge is 0.497 e. The molecule has 2 rings (SSSR count). The number of hydrogen-bond acceptors (Lipinski definition) is 7. The van der Waals surface area contributed by atoms with Gasteiger partial charge in [-0.25, -0.2) is 0 Å². The SMILES string of the molecule is COc1ccc(O[C@H]2OC(CO)[C@H](O)C(O)C2NC(C)=O)cc1. The fraction of sp³-hybridized carbons (Fsp3) is 0.533. The molecule has 8 nitrogen and oxygen atoms in total. The number of carbonyl (C=O) groups is 1. The van der Waals surface area contributed by atoms with Crippen LogP contribution in [0.15, 0.2) is 24.3 Å². The second-order valence-electron chi connectivity index (χ2n) is 5.23. The molecule has 128 valence electrons. The lowest BCUT2D eigenvalue weighted by Gasteiger charge is -2.42. The summed E-state index contributed by atoms with van der Waals surface area (Å²) in [7, 11) is 1.54. The summed E-state index contributed by atoms with van der Waals surface area (Å²) in [6.45, 7) is 0.787. The van der Waals surface area contributed by atoms with Gasteiger partial charge in [0.2, 0.25) is 12.2 Å². The second-order valence-corrected chi connectivity index (χ2v) is 5.23. The number of aliphatic hydroxyl groups is 3. The maximum atomic E-state index is 11.3. The highest BCUT2D eigenvalue weighted by Gasteiger charge is 2.46. The molecule has 0 radical (unpaired) electrons. The highest BCUT2D eigenvalue weighted by Crippen LogP contribution is 2.25. The Labute approximate surface area is 133 Å². The topological polar surface area (TPSA) is 117 Å². The van der Waals surface area contributed by atoms with Crippen molar-refractivity contribution in [1.29, 1.82) is 0 Å². The van der Waals surface area contributed by atoms with E-state index in [1.54, 1.807) is 24.3 Å². The van der Waals surface area contributed by atoms with Crippen LogP contribution in [0.5, 0.6) is 11.5 Å². The molecular weight excluding hydrogens is 306 g/mol. The monoisotopic (exact) mass is 327 g/mol. The van der Waals surface area contributed by atoms with Crippen LogP contribution in [0.2, 0.25) is 0 Å². The van der Waals surface area contributed by atoms with E-state index in [9.17, 15) is 20.1 Å². The quantitative estimate of drug-likeness (QED) is 0.549. The van der Waals surface area contributed by atoms with Gasteiger partial charge in [0.05, 0.1) is 13.7 Å². The third kappa shape index (κ3) is 4.11. The third-order valence-electron chi connectivity index (χ3n) is 3.56. The number of benzene rings is 1. The van der Waals surface area contributed by atoms with E-state index in [0.717, 1.165) is 0 Å². The average molecular weight is 327 g/mol. The van der Waals surface area contributed by atoms with Crippen molar-refractivity contribution in [3.63, 3.8) is 0 Å². The zero-order valence-corrected chi connectivity index (χ0v) is 12.9. The van der Waals surface area contributed by atoms with Gasteiger partial charge < -0.3 is 34.8 Å². The third-order valence-corrected chi connectivity index (χ3v) is 3.56. The summed E-state index contributed by atoms with van der Waals surface area (Å²) in [5.74, 6) is 0.658. The van der Waals surface area contributed by atoms with Crippen LogP contribution < -0.4 is 14.8 Å². The molecule has 1 aromatic carbocycles. The molecule has 1 heterocycles. The van der Waals surface area contributed by atoms with E-state index in [4.69, 9.17) is 14.2 Å². The Kier molecular flexibility index (Phi) is 5.78. The number of methoxy groups -OCH3 is 1. The van der Waals surface area contributed by atoms with Crippen molar-refractivity contribution >= 4 is 5.91 Å². The molecule has 1 aliphatic heterocycles. The van der Waals surface area contributed by atoms with Crippen molar-refractivity contribution in [2.45, 2.75) is 37.6 Å². The van der Waals surface area contributed by atoms with E-state index in [1.807, 2.05) is 0 Å². The van der Waals surface area contributed by atoms with Gasteiger partial charge in [0.15, 0.2) is 0 Å². The fourth-order valence-electron chi connectivity index (χ4n) is 2.36. The van der Waals surface area contributed by atoms with Crippen LogP contribution in [0.1, 0.15) is 6.92 Å². The number of amides is 1. The Bertz CT molecular complexity index is 521. The lowest BCUT2D eigenvalue weighted by molar-refractivity contribution is -0.244. The van der Waals surface area contributed by atoms with Crippen LogP contribution in [-0.2, 0) is 9.53 Å². The van der Waals surface area contributed by atoms with Gasteiger partial charge in [-0.3, -0.25) is 4.79 Å². The maximum Gasteiger partial charge on any atom is 0.223 e. The number of nitrogens with one attached hydrogen (secondary N) is 1. The van der Waals surface area contributed by atoms with Crippen molar-refractivity contribution in [2.75, 3.05) is 13.7 Å². The van der Waals surface area contributed by atoms with Gasteiger partial charge >= 0.3 is 0 Å². The molecule has 23 heavy (non-hydrogen) atoms. The highest BCUT2D eigenvalue weighted by molar-refractivity contribution is 5.73. The number of carbonyl (C=O) groups excluding carboxylic acids is 1. The first-order valence-corrected chi connectivity index (χ1v) is 7.16. The van der Waals surface area contributed by atoms with Gasteiger partial charge in [-0.2, -0.15) is 0 Å². The Hall–Kier alpha value is -1.87. The van der Waals surface area contributed by atoms with Crippen LogP contribution in [0, 0.1) is 0 Å². The van der Waals surface area contributed by atoms with Crippen LogP contribution >= 0.6 is 0 Å². The molecule has 8 heteroatoms. The minimum atomic E-state index is -1.34. The van der Waals surface area contributed by atoms with Crippen LogP contribution in [0.3, 0.4) is 0 Å². The van der Waals surface area contributed by atoms with E-state index in [-0.39, 0.29) is 0 Å². The van der Waals surface area contributed by atoms with Gasteiger partial charge in [0, 0.05) is 6.92 Å². The van der Waals surface area contributed by atoms with Gasteiger partial charge in [-0.05, 0) is 24.3 Å². The summed E-state index contributed by atoms with van der Waals surface area (Å²) < 4.78 is 16.2. The summed E-state index contributed by atoms with van der Waals surface area (Å²) in [6.07, 6.45) is -4.76. The van der Waals surface area contributed by atoms with Crippen molar-refractivity contribution < 1.29 is 34.3 Å². The van der Waals surface area contributed by atoms with Gasteiger partial charge in [-0.15, -0.1) is 0 Å². The van der Waals surface area contributed by atoms with E-state index in [0.29, 0.717) is 11.5 Å². The molecular formula is C15H21NO7. The molecule has 0 aromatic heterocycles. The molecule has 5 atom stereocenters. The van der Waals surface area contributed by atoms with E-state index < -0.39 is 43.2 Å². The van der Waals surface area contributed by atoms with Crippen molar-refractivity contribution in [1.82, 2.24) is 5.32 Å². The van der Waals surface area contributed by atoms with Gasteiger partial charge in [0.1, 0.15) is 35.9 Å². The molecule has 0 saturated carbocycles. The maximum absolute atomic E-state index is 11.3. The van der Waals surface area contributed by atoms with Crippen molar-refractivity contribution in [3.8, 4) is 11.5 Å². The minimum Gasteiger partial charge on any atom is -0.497 e. The Morgan fingerprint density at radius 3 is 2.35 bits per heavy atom. The molecule has 0 spiro atoms. The van der Waals surface area contributed by atoms with Crippen molar-refractivity contribution in [3.05, 3.63) is 24.3 Å². The van der Waals surface area contributed by atoms with E-state index in [2.05, 4.69) is 5.32 Å². The first kappa shape index (κ1) is 17.5. The van der Waals surface area contributed by atoms with Gasteiger partial charge in [0.25, 0.3) is 0 Å². The summed E-state index contributed by atoms with van der Waals surface area (Å²) in [5.41, 5.74) is 0. The summed E-state index contributed by atoms with van der Waals surface area (Å²) >= 11 is 0. The molecule has 3 unspecified atom stereocenters. The number of hydrogen-bond donors (Lipinski definition) is 4. The number of rotatable bonds is 5. The highest BCUT2D eigenvalue weighted by atomic mass is 16.7. The molecule has 1 fully saturated rings. The molecule has 4 N–H and O–H groups in total. The molecule has 0 aliphatic carbocycles.